The van der Waals surface area contributed by atoms with Gasteiger partial charge in [-0.05, 0) is 37.0 Å². The third kappa shape index (κ3) is 3.58. The fourth-order valence-corrected chi connectivity index (χ4v) is 3.87. The van der Waals surface area contributed by atoms with Crippen LogP contribution in [0.4, 0.5) is 11.6 Å². The Bertz CT molecular complexity index is 693. The van der Waals surface area contributed by atoms with E-state index in [1.165, 1.54) is 5.56 Å². The number of aryl methyl sites for hydroxylation is 1. The zero-order valence-electron chi connectivity index (χ0n) is 14.7. The van der Waals surface area contributed by atoms with E-state index in [1.807, 2.05) is 30.7 Å². The van der Waals surface area contributed by atoms with Crippen molar-refractivity contribution in [3.05, 3.63) is 42.5 Å². The maximum absolute atomic E-state index is 6.28. The Morgan fingerprint density at radius 3 is 2.96 bits per heavy atom. The van der Waals surface area contributed by atoms with Gasteiger partial charge in [-0.1, -0.05) is 6.92 Å². The van der Waals surface area contributed by atoms with Gasteiger partial charge in [0.15, 0.2) is 0 Å². The normalized spacial score (nSPS) is 26.1. The van der Waals surface area contributed by atoms with Crippen molar-refractivity contribution >= 4 is 11.6 Å². The Balaban J connectivity index is 1.42. The van der Waals surface area contributed by atoms with Gasteiger partial charge in [-0.25, -0.2) is 9.97 Å². The van der Waals surface area contributed by atoms with Crippen molar-refractivity contribution in [1.29, 1.82) is 0 Å². The predicted molar refractivity (Wildman–Crippen MR) is 97.8 cm³/mol. The van der Waals surface area contributed by atoms with Gasteiger partial charge in [0, 0.05) is 44.3 Å². The Hall–Kier alpha value is -2.21. The van der Waals surface area contributed by atoms with Crippen molar-refractivity contribution in [3.8, 4) is 0 Å². The summed E-state index contributed by atoms with van der Waals surface area (Å²) in [5, 5.41) is 3.54. The minimum atomic E-state index is -0.0923. The smallest absolute Gasteiger partial charge is 0.225 e. The fraction of sp³-hybridized carbons (Fsp3) is 0.526. The highest BCUT2D eigenvalue weighted by atomic mass is 16.5. The van der Waals surface area contributed by atoms with Crippen LogP contribution in [-0.4, -0.2) is 46.3 Å². The highest BCUT2D eigenvalue weighted by Gasteiger charge is 2.44. The third-order valence-corrected chi connectivity index (χ3v) is 5.16. The van der Waals surface area contributed by atoms with Crippen molar-refractivity contribution in [2.45, 2.75) is 44.2 Å². The molecule has 0 bridgehead atoms. The van der Waals surface area contributed by atoms with Crippen molar-refractivity contribution in [2.75, 3.05) is 29.9 Å². The molecule has 2 aliphatic heterocycles. The van der Waals surface area contributed by atoms with Gasteiger partial charge in [0.25, 0.3) is 0 Å². The molecule has 6 heteroatoms. The van der Waals surface area contributed by atoms with Gasteiger partial charge in [-0.15, -0.1) is 0 Å². The van der Waals surface area contributed by atoms with E-state index in [0.717, 1.165) is 57.0 Å². The Morgan fingerprint density at radius 1 is 1.32 bits per heavy atom. The van der Waals surface area contributed by atoms with Gasteiger partial charge in [-0.2, -0.15) is 0 Å². The lowest BCUT2D eigenvalue weighted by Gasteiger charge is -2.39. The molecule has 2 unspecified atom stereocenters. The van der Waals surface area contributed by atoms with E-state index in [4.69, 9.17) is 4.74 Å². The summed E-state index contributed by atoms with van der Waals surface area (Å²) in [5.74, 6) is 0.823. The number of anilines is 2. The van der Waals surface area contributed by atoms with Crippen LogP contribution in [0.2, 0.25) is 0 Å². The maximum Gasteiger partial charge on any atom is 0.225 e. The van der Waals surface area contributed by atoms with Crippen molar-refractivity contribution in [1.82, 2.24) is 15.0 Å². The summed E-state index contributed by atoms with van der Waals surface area (Å²) in [4.78, 5) is 15.5. The van der Waals surface area contributed by atoms with Crippen molar-refractivity contribution in [2.24, 2.45) is 0 Å². The molecule has 2 saturated heterocycles. The first-order chi connectivity index (χ1) is 12.3. The van der Waals surface area contributed by atoms with E-state index in [9.17, 15) is 0 Å². The lowest BCUT2D eigenvalue weighted by molar-refractivity contribution is -0.00668. The number of aromatic nitrogens is 3. The third-order valence-electron chi connectivity index (χ3n) is 5.16. The molecule has 2 fully saturated rings. The van der Waals surface area contributed by atoms with Gasteiger partial charge in [0.2, 0.25) is 5.95 Å². The number of nitrogens with zero attached hydrogens (tertiary/aromatic N) is 4. The highest BCUT2D eigenvalue weighted by molar-refractivity contribution is 5.41. The zero-order valence-corrected chi connectivity index (χ0v) is 14.7. The number of hydrogen-bond donors (Lipinski definition) is 1. The van der Waals surface area contributed by atoms with E-state index >= 15 is 0 Å². The van der Waals surface area contributed by atoms with Crippen molar-refractivity contribution < 1.29 is 4.74 Å². The maximum atomic E-state index is 6.28. The molecule has 2 aromatic heterocycles. The average Bonchev–Trinajstić information content (AvgIpc) is 3.04. The van der Waals surface area contributed by atoms with Crippen LogP contribution in [0.1, 0.15) is 31.7 Å². The second-order valence-electron chi connectivity index (χ2n) is 7.05. The van der Waals surface area contributed by atoms with E-state index in [2.05, 4.69) is 32.1 Å². The summed E-state index contributed by atoms with van der Waals surface area (Å²) in [6.45, 7) is 4.72. The molecule has 0 radical (unpaired) electrons. The van der Waals surface area contributed by atoms with Crippen LogP contribution in [0.5, 0.6) is 0 Å². The Kier molecular flexibility index (Phi) is 4.53. The second-order valence-corrected chi connectivity index (χ2v) is 7.05. The van der Waals surface area contributed by atoms with Gasteiger partial charge < -0.3 is 15.0 Å². The average molecular weight is 339 g/mol. The number of pyridine rings is 1. The number of hydrogen-bond acceptors (Lipinski definition) is 6. The summed E-state index contributed by atoms with van der Waals surface area (Å²) >= 11 is 0. The lowest BCUT2D eigenvalue weighted by Crippen LogP contribution is -2.48. The zero-order chi connectivity index (χ0) is 17.1. The summed E-state index contributed by atoms with van der Waals surface area (Å²) in [6, 6.07) is 4.33. The highest BCUT2D eigenvalue weighted by Crippen LogP contribution is 2.36. The minimum Gasteiger partial charge on any atom is -0.379 e. The van der Waals surface area contributed by atoms with Gasteiger partial charge >= 0.3 is 0 Å². The predicted octanol–water partition coefficient (Wildman–Crippen LogP) is 2.67. The fourth-order valence-electron chi connectivity index (χ4n) is 3.87. The van der Waals surface area contributed by atoms with Gasteiger partial charge in [0.1, 0.15) is 0 Å². The van der Waals surface area contributed by atoms with Crippen LogP contribution in [0, 0.1) is 0 Å². The molecule has 0 amide bonds. The number of ether oxygens (including phenoxy) is 1. The van der Waals surface area contributed by atoms with Gasteiger partial charge in [0.05, 0.1) is 23.9 Å². The summed E-state index contributed by atoms with van der Waals surface area (Å²) in [6.07, 6.45) is 11.7. The molecular weight excluding hydrogens is 314 g/mol. The first kappa shape index (κ1) is 16.3. The molecule has 0 aromatic carbocycles. The molecule has 4 rings (SSSR count). The topological polar surface area (TPSA) is 63.2 Å². The molecule has 1 spiro atoms. The van der Waals surface area contributed by atoms with Crippen LogP contribution < -0.4 is 10.2 Å². The molecule has 2 aromatic rings. The summed E-state index contributed by atoms with van der Waals surface area (Å²) < 4.78 is 6.28. The quantitative estimate of drug-likeness (QED) is 0.924. The molecule has 2 aliphatic rings. The minimum absolute atomic E-state index is 0.0923. The molecule has 1 N–H and O–H groups in total. The summed E-state index contributed by atoms with van der Waals surface area (Å²) in [5.41, 5.74) is 2.14. The van der Waals surface area contributed by atoms with E-state index in [0.29, 0.717) is 6.04 Å². The van der Waals surface area contributed by atoms with E-state index in [-0.39, 0.29) is 5.60 Å². The Labute approximate surface area is 148 Å². The molecule has 4 heterocycles. The van der Waals surface area contributed by atoms with Crippen LogP contribution in [0.3, 0.4) is 0 Å². The Morgan fingerprint density at radius 2 is 2.20 bits per heavy atom. The monoisotopic (exact) mass is 339 g/mol. The summed E-state index contributed by atoms with van der Waals surface area (Å²) in [7, 11) is 0. The SMILES string of the molecule is CCc1cnc(N2CCCC3(CC(Nc4cccnc4)CO3)C2)nc1. The van der Waals surface area contributed by atoms with Gasteiger partial charge in [-0.3, -0.25) is 4.98 Å². The lowest BCUT2D eigenvalue weighted by atomic mass is 9.89. The van der Waals surface area contributed by atoms with Crippen LogP contribution in [0.15, 0.2) is 36.9 Å². The second kappa shape index (κ2) is 6.96. The first-order valence-corrected chi connectivity index (χ1v) is 9.13. The number of piperidine rings is 1. The molecular formula is C19H25N5O. The molecule has 0 saturated carbocycles. The number of nitrogens with one attached hydrogen (secondary N) is 1. The molecule has 0 aliphatic carbocycles. The standard InChI is InChI=1S/C19H25N5O/c1-2-15-10-21-18(22-11-15)24-8-4-6-19(14-24)9-17(13-25-19)23-16-5-3-7-20-12-16/h3,5,7,10-12,17,23H,2,4,6,8-9,13-14H2,1H3. The first-order valence-electron chi connectivity index (χ1n) is 9.13. The van der Waals surface area contributed by atoms with E-state index in [1.54, 1.807) is 6.20 Å². The van der Waals surface area contributed by atoms with Crippen LogP contribution in [0.25, 0.3) is 0 Å². The molecule has 2 atom stereocenters. The van der Waals surface area contributed by atoms with Crippen LogP contribution >= 0.6 is 0 Å². The largest absolute Gasteiger partial charge is 0.379 e. The van der Waals surface area contributed by atoms with E-state index < -0.39 is 0 Å². The molecule has 6 nitrogen and oxygen atoms in total. The number of rotatable bonds is 4. The molecule has 132 valence electrons. The van der Waals surface area contributed by atoms with Crippen molar-refractivity contribution in [3.63, 3.8) is 0 Å². The molecule has 25 heavy (non-hydrogen) atoms. The van der Waals surface area contributed by atoms with Crippen LogP contribution in [-0.2, 0) is 11.2 Å².